The zero-order valence-electron chi connectivity index (χ0n) is 7.64. The van der Waals surface area contributed by atoms with Gasteiger partial charge in [0.25, 0.3) is 0 Å². The van der Waals surface area contributed by atoms with Crippen molar-refractivity contribution in [1.29, 1.82) is 0 Å². The monoisotopic (exact) mass is 179 g/mol. The normalized spacial score (nSPS) is 28.0. The summed E-state index contributed by atoms with van der Waals surface area (Å²) < 4.78 is 0. The van der Waals surface area contributed by atoms with Crippen LogP contribution in [0.4, 0.5) is 5.82 Å². The lowest BCUT2D eigenvalue weighted by Crippen LogP contribution is -2.29. The number of rotatable bonds is 1. The molecule has 1 N–H and O–H groups in total. The van der Waals surface area contributed by atoms with Gasteiger partial charge in [-0.3, -0.25) is 4.98 Å². The highest BCUT2D eigenvalue weighted by atomic mass is 16.3. The molecule has 1 aromatic heterocycles. The Morgan fingerprint density at radius 2 is 2.38 bits per heavy atom. The van der Waals surface area contributed by atoms with Gasteiger partial charge in [0.15, 0.2) is 0 Å². The van der Waals surface area contributed by atoms with Crippen LogP contribution in [0.3, 0.4) is 0 Å². The molecular weight excluding hydrogens is 166 g/mol. The standard InChI is InChI=1S/C9H13N3O/c1-9(13)2-5-12(7-9)8-6-10-3-4-11-8/h3-4,6,13H,2,5,7H2,1H3. The number of aliphatic hydroxyl groups is 1. The second kappa shape index (κ2) is 2.96. The smallest absolute Gasteiger partial charge is 0.147 e. The number of anilines is 1. The maximum atomic E-state index is 9.74. The largest absolute Gasteiger partial charge is 0.388 e. The minimum atomic E-state index is -0.572. The van der Waals surface area contributed by atoms with Crippen LogP contribution < -0.4 is 4.90 Å². The summed E-state index contributed by atoms with van der Waals surface area (Å²) in [6, 6.07) is 0. The van der Waals surface area contributed by atoms with Gasteiger partial charge >= 0.3 is 0 Å². The molecule has 0 bridgehead atoms. The van der Waals surface area contributed by atoms with Gasteiger partial charge in [-0.15, -0.1) is 0 Å². The van der Waals surface area contributed by atoms with E-state index in [1.54, 1.807) is 18.6 Å². The van der Waals surface area contributed by atoms with Gasteiger partial charge in [0.05, 0.1) is 11.8 Å². The van der Waals surface area contributed by atoms with E-state index < -0.39 is 5.60 Å². The highest BCUT2D eigenvalue weighted by Gasteiger charge is 2.31. The molecule has 0 amide bonds. The maximum absolute atomic E-state index is 9.74. The predicted molar refractivity (Wildman–Crippen MR) is 49.5 cm³/mol. The third-order valence-corrected chi connectivity index (χ3v) is 2.33. The van der Waals surface area contributed by atoms with Crippen LogP contribution >= 0.6 is 0 Å². The van der Waals surface area contributed by atoms with Crippen molar-refractivity contribution < 1.29 is 5.11 Å². The van der Waals surface area contributed by atoms with Gasteiger partial charge in [0.2, 0.25) is 0 Å². The molecule has 4 heteroatoms. The van der Waals surface area contributed by atoms with E-state index in [0.29, 0.717) is 6.54 Å². The first kappa shape index (κ1) is 8.44. The average Bonchev–Trinajstić information content (AvgIpc) is 2.48. The second-order valence-corrected chi connectivity index (χ2v) is 3.73. The summed E-state index contributed by atoms with van der Waals surface area (Å²) in [7, 11) is 0. The Balaban J connectivity index is 2.13. The summed E-state index contributed by atoms with van der Waals surface area (Å²) in [6.45, 7) is 3.35. The fraction of sp³-hybridized carbons (Fsp3) is 0.556. The average molecular weight is 179 g/mol. The molecule has 0 aliphatic carbocycles. The Bertz CT molecular complexity index is 286. The minimum Gasteiger partial charge on any atom is -0.388 e. The van der Waals surface area contributed by atoms with Gasteiger partial charge in [-0.1, -0.05) is 0 Å². The Morgan fingerprint density at radius 3 is 2.92 bits per heavy atom. The van der Waals surface area contributed by atoms with Gasteiger partial charge in [0.1, 0.15) is 5.82 Å². The summed E-state index contributed by atoms with van der Waals surface area (Å²) >= 11 is 0. The Morgan fingerprint density at radius 1 is 1.54 bits per heavy atom. The van der Waals surface area contributed by atoms with Crippen molar-refractivity contribution in [2.75, 3.05) is 18.0 Å². The van der Waals surface area contributed by atoms with Crippen molar-refractivity contribution in [2.24, 2.45) is 0 Å². The van der Waals surface area contributed by atoms with E-state index in [9.17, 15) is 5.11 Å². The molecule has 1 aromatic rings. The zero-order chi connectivity index (χ0) is 9.31. The van der Waals surface area contributed by atoms with Crippen molar-refractivity contribution >= 4 is 5.82 Å². The van der Waals surface area contributed by atoms with Gasteiger partial charge < -0.3 is 10.0 Å². The second-order valence-electron chi connectivity index (χ2n) is 3.73. The summed E-state index contributed by atoms with van der Waals surface area (Å²) in [4.78, 5) is 10.2. The number of β-amino-alcohol motifs (C(OH)–C–C–N with tert-alkyl or cyclic N) is 1. The Kier molecular flexibility index (Phi) is 1.92. The molecule has 2 heterocycles. The van der Waals surface area contributed by atoms with E-state index in [-0.39, 0.29) is 0 Å². The van der Waals surface area contributed by atoms with Crippen LogP contribution in [-0.4, -0.2) is 33.8 Å². The van der Waals surface area contributed by atoms with Crippen LogP contribution in [0.15, 0.2) is 18.6 Å². The zero-order valence-corrected chi connectivity index (χ0v) is 7.64. The fourth-order valence-corrected chi connectivity index (χ4v) is 1.60. The molecule has 0 radical (unpaired) electrons. The van der Waals surface area contributed by atoms with Crippen molar-refractivity contribution in [3.63, 3.8) is 0 Å². The summed E-state index contributed by atoms with van der Waals surface area (Å²) in [5.74, 6) is 0.847. The lowest BCUT2D eigenvalue weighted by Gasteiger charge is -2.18. The third-order valence-electron chi connectivity index (χ3n) is 2.33. The number of hydrogen-bond acceptors (Lipinski definition) is 4. The molecule has 1 aliphatic heterocycles. The van der Waals surface area contributed by atoms with E-state index in [4.69, 9.17) is 0 Å². The number of aromatic nitrogens is 2. The molecule has 2 rings (SSSR count). The van der Waals surface area contributed by atoms with E-state index in [1.165, 1.54) is 0 Å². The molecule has 1 unspecified atom stereocenters. The van der Waals surface area contributed by atoms with Crippen molar-refractivity contribution in [3.05, 3.63) is 18.6 Å². The molecular formula is C9H13N3O. The van der Waals surface area contributed by atoms with Crippen molar-refractivity contribution in [3.8, 4) is 0 Å². The topological polar surface area (TPSA) is 49.2 Å². The van der Waals surface area contributed by atoms with Crippen LogP contribution in [-0.2, 0) is 0 Å². The van der Waals surface area contributed by atoms with Crippen LogP contribution in [0.2, 0.25) is 0 Å². The third kappa shape index (κ3) is 1.78. The molecule has 0 aromatic carbocycles. The maximum Gasteiger partial charge on any atom is 0.147 e. The SMILES string of the molecule is CC1(O)CCN(c2cnccn2)C1. The molecule has 1 fully saturated rings. The van der Waals surface area contributed by atoms with Gasteiger partial charge in [-0.05, 0) is 13.3 Å². The van der Waals surface area contributed by atoms with Gasteiger partial charge in [-0.2, -0.15) is 0 Å². The number of hydrogen-bond donors (Lipinski definition) is 1. The highest BCUT2D eigenvalue weighted by Crippen LogP contribution is 2.23. The Hall–Kier alpha value is -1.16. The Labute approximate surface area is 77.2 Å². The predicted octanol–water partition coefficient (Wildman–Crippen LogP) is 0.438. The van der Waals surface area contributed by atoms with Gasteiger partial charge in [-0.25, -0.2) is 4.98 Å². The summed E-state index contributed by atoms with van der Waals surface area (Å²) in [6.07, 6.45) is 5.84. The van der Waals surface area contributed by atoms with Crippen molar-refractivity contribution in [2.45, 2.75) is 18.9 Å². The van der Waals surface area contributed by atoms with E-state index in [1.807, 2.05) is 11.8 Å². The number of nitrogens with zero attached hydrogens (tertiary/aromatic N) is 3. The summed E-state index contributed by atoms with van der Waals surface area (Å²) in [5, 5.41) is 9.74. The first-order chi connectivity index (χ1) is 6.17. The molecule has 70 valence electrons. The van der Waals surface area contributed by atoms with Gasteiger partial charge in [0, 0.05) is 25.5 Å². The molecule has 13 heavy (non-hydrogen) atoms. The molecule has 1 aliphatic rings. The molecule has 1 saturated heterocycles. The minimum absolute atomic E-state index is 0.572. The van der Waals surface area contributed by atoms with Crippen LogP contribution in [0.5, 0.6) is 0 Å². The summed E-state index contributed by atoms with van der Waals surface area (Å²) in [5.41, 5.74) is -0.572. The van der Waals surface area contributed by atoms with Crippen LogP contribution in [0.25, 0.3) is 0 Å². The first-order valence-corrected chi connectivity index (χ1v) is 4.41. The van der Waals surface area contributed by atoms with Crippen LogP contribution in [0.1, 0.15) is 13.3 Å². The first-order valence-electron chi connectivity index (χ1n) is 4.41. The molecule has 1 atom stereocenters. The fourth-order valence-electron chi connectivity index (χ4n) is 1.60. The lowest BCUT2D eigenvalue weighted by atomic mass is 10.1. The van der Waals surface area contributed by atoms with E-state index in [2.05, 4.69) is 9.97 Å². The molecule has 4 nitrogen and oxygen atoms in total. The quantitative estimate of drug-likeness (QED) is 0.679. The molecule has 0 saturated carbocycles. The highest BCUT2D eigenvalue weighted by molar-refractivity contribution is 5.37. The lowest BCUT2D eigenvalue weighted by molar-refractivity contribution is 0.0839. The van der Waals surface area contributed by atoms with E-state index in [0.717, 1.165) is 18.8 Å². The van der Waals surface area contributed by atoms with Crippen LogP contribution in [0, 0.1) is 0 Å². The molecule has 0 spiro atoms. The van der Waals surface area contributed by atoms with E-state index >= 15 is 0 Å². The van der Waals surface area contributed by atoms with Crippen molar-refractivity contribution in [1.82, 2.24) is 9.97 Å².